The third-order valence-electron chi connectivity index (χ3n) is 4.03. The Morgan fingerprint density at radius 3 is 2.88 bits per heavy atom. The molecule has 0 saturated heterocycles. The van der Waals surface area contributed by atoms with Gasteiger partial charge in [-0.1, -0.05) is 11.6 Å². The van der Waals surface area contributed by atoms with Crippen LogP contribution in [0.5, 0.6) is 0 Å². The number of carbonyl (C=O) groups is 1. The first-order valence-electron chi connectivity index (χ1n) is 7.86. The van der Waals surface area contributed by atoms with Crippen LogP contribution in [0.2, 0.25) is 5.02 Å². The van der Waals surface area contributed by atoms with Crippen molar-refractivity contribution in [3.63, 3.8) is 0 Å². The zero-order valence-electron chi connectivity index (χ0n) is 13.4. The fourth-order valence-electron chi connectivity index (χ4n) is 2.96. The van der Waals surface area contributed by atoms with Crippen molar-refractivity contribution < 1.29 is 19.4 Å². The van der Waals surface area contributed by atoms with Crippen molar-refractivity contribution in [3.05, 3.63) is 47.3 Å². The van der Waals surface area contributed by atoms with Crippen LogP contribution in [0.25, 0.3) is 33.1 Å². The molecule has 3 heterocycles. The average Bonchev–Trinajstić information content (AvgIpc) is 3.24. The second kappa shape index (κ2) is 6.36. The molecule has 4 aromatic rings. The standard InChI is InChI=1S/C18H14ClN3O4/c19-10-5-9-6-14(18(24)25)26-16(9)13(7-10)12-8-15(20-3-4-23)22-17-11(12)1-2-21-17/h1-2,5-8,23H,3-4H2,(H,24,25)(H2,20,21,22). The first kappa shape index (κ1) is 16.4. The molecule has 132 valence electrons. The van der Waals surface area contributed by atoms with E-state index in [9.17, 15) is 9.90 Å². The normalized spacial score (nSPS) is 11.3. The number of aromatic amines is 1. The van der Waals surface area contributed by atoms with E-state index >= 15 is 0 Å². The van der Waals surface area contributed by atoms with E-state index in [4.69, 9.17) is 21.1 Å². The van der Waals surface area contributed by atoms with E-state index in [0.717, 1.165) is 10.9 Å². The van der Waals surface area contributed by atoms with Crippen LogP contribution >= 0.6 is 11.6 Å². The van der Waals surface area contributed by atoms with Crippen molar-refractivity contribution in [2.75, 3.05) is 18.5 Å². The summed E-state index contributed by atoms with van der Waals surface area (Å²) in [6.45, 7) is 0.328. The van der Waals surface area contributed by atoms with Gasteiger partial charge < -0.3 is 24.9 Å². The Bertz CT molecular complexity index is 1130. The molecule has 8 heteroatoms. The Morgan fingerprint density at radius 2 is 2.12 bits per heavy atom. The predicted octanol–water partition coefficient (Wildman–Crippen LogP) is 3.73. The number of pyridine rings is 1. The zero-order valence-corrected chi connectivity index (χ0v) is 14.2. The SMILES string of the molecule is O=C(O)c1cc2cc(Cl)cc(-c3cc(NCCO)nc4[nH]ccc34)c2o1. The lowest BCUT2D eigenvalue weighted by atomic mass is 10.0. The number of furan rings is 1. The van der Waals surface area contributed by atoms with E-state index in [1.165, 1.54) is 6.07 Å². The van der Waals surface area contributed by atoms with E-state index in [2.05, 4.69) is 15.3 Å². The van der Waals surface area contributed by atoms with Gasteiger partial charge in [-0.15, -0.1) is 0 Å². The Hall–Kier alpha value is -3.03. The summed E-state index contributed by atoms with van der Waals surface area (Å²) in [6, 6.07) is 8.54. The number of anilines is 1. The highest BCUT2D eigenvalue weighted by atomic mass is 35.5. The number of carboxylic acid groups (broad SMARTS) is 1. The third-order valence-corrected chi connectivity index (χ3v) is 4.25. The molecule has 0 saturated carbocycles. The predicted molar refractivity (Wildman–Crippen MR) is 98.8 cm³/mol. The molecule has 0 atom stereocenters. The monoisotopic (exact) mass is 371 g/mol. The second-order valence-electron chi connectivity index (χ2n) is 5.73. The lowest BCUT2D eigenvalue weighted by Gasteiger charge is -2.10. The van der Waals surface area contributed by atoms with Crippen LogP contribution in [-0.2, 0) is 0 Å². The lowest BCUT2D eigenvalue weighted by molar-refractivity contribution is 0.0665. The van der Waals surface area contributed by atoms with Gasteiger partial charge in [-0.2, -0.15) is 0 Å². The molecule has 7 nitrogen and oxygen atoms in total. The van der Waals surface area contributed by atoms with Gasteiger partial charge in [-0.25, -0.2) is 9.78 Å². The van der Waals surface area contributed by atoms with E-state index in [-0.39, 0.29) is 12.4 Å². The van der Waals surface area contributed by atoms with Gasteiger partial charge in [0.25, 0.3) is 0 Å². The molecule has 0 fully saturated rings. The number of H-pyrrole nitrogens is 1. The highest BCUT2D eigenvalue weighted by molar-refractivity contribution is 6.32. The Morgan fingerprint density at radius 1 is 1.27 bits per heavy atom. The molecular formula is C18H14ClN3O4. The van der Waals surface area contributed by atoms with E-state index in [1.54, 1.807) is 18.3 Å². The minimum atomic E-state index is -1.14. The average molecular weight is 372 g/mol. The van der Waals surface area contributed by atoms with Crippen LogP contribution in [0.1, 0.15) is 10.6 Å². The van der Waals surface area contributed by atoms with Crippen LogP contribution < -0.4 is 5.32 Å². The molecule has 0 aliphatic carbocycles. The number of aliphatic hydroxyl groups excluding tert-OH is 1. The van der Waals surface area contributed by atoms with Crippen molar-refractivity contribution in [3.8, 4) is 11.1 Å². The fraction of sp³-hybridized carbons (Fsp3) is 0.111. The second-order valence-corrected chi connectivity index (χ2v) is 6.17. The van der Waals surface area contributed by atoms with E-state index < -0.39 is 5.97 Å². The van der Waals surface area contributed by atoms with Gasteiger partial charge in [0, 0.05) is 39.7 Å². The van der Waals surface area contributed by atoms with Crippen LogP contribution in [0.4, 0.5) is 5.82 Å². The number of halogens is 1. The van der Waals surface area contributed by atoms with Crippen LogP contribution in [0, 0.1) is 0 Å². The number of aromatic nitrogens is 2. The summed E-state index contributed by atoms with van der Waals surface area (Å²) < 4.78 is 5.57. The van der Waals surface area contributed by atoms with Gasteiger partial charge in [0.05, 0.1) is 6.61 Å². The fourth-order valence-corrected chi connectivity index (χ4v) is 3.18. The summed E-state index contributed by atoms with van der Waals surface area (Å²) in [6.07, 6.45) is 1.77. The number of nitrogens with zero attached hydrogens (tertiary/aromatic N) is 1. The maximum atomic E-state index is 11.3. The van der Waals surface area contributed by atoms with E-state index in [0.29, 0.717) is 39.6 Å². The Kier molecular flexibility index (Phi) is 4.02. The van der Waals surface area contributed by atoms with Crippen molar-refractivity contribution in [1.29, 1.82) is 0 Å². The van der Waals surface area contributed by atoms with Crippen molar-refractivity contribution in [2.45, 2.75) is 0 Å². The smallest absolute Gasteiger partial charge is 0.371 e. The van der Waals surface area contributed by atoms with Gasteiger partial charge in [-0.05, 0) is 30.3 Å². The summed E-state index contributed by atoms with van der Waals surface area (Å²) in [5, 5.41) is 23.2. The molecule has 0 aliphatic rings. The van der Waals surface area contributed by atoms with Crippen molar-refractivity contribution in [2.24, 2.45) is 0 Å². The highest BCUT2D eigenvalue weighted by Crippen LogP contribution is 2.38. The van der Waals surface area contributed by atoms with Crippen LogP contribution in [0.3, 0.4) is 0 Å². The van der Waals surface area contributed by atoms with E-state index in [1.807, 2.05) is 12.1 Å². The summed E-state index contributed by atoms with van der Waals surface area (Å²) in [7, 11) is 0. The first-order valence-corrected chi connectivity index (χ1v) is 8.24. The number of nitrogens with one attached hydrogen (secondary N) is 2. The molecule has 4 rings (SSSR count). The Labute approximate surface area is 152 Å². The number of carboxylic acids is 1. The number of hydrogen-bond donors (Lipinski definition) is 4. The number of fused-ring (bicyclic) bond motifs is 2. The van der Waals surface area contributed by atoms with Crippen molar-refractivity contribution in [1.82, 2.24) is 9.97 Å². The molecule has 0 bridgehead atoms. The van der Waals surface area contributed by atoms with Gasteiger partial charge in [0.1, 0.15) is 17.0 Å². The first-order chi connectivity index (χ1) is 12.6. The minimum Gasteiger partial charge on any atom is -0.475 e. The molecular weight excluding hydrogens is 358 g/mol. The maximum absolute atomic E-state index is 11.3. The molecule has 0 spiro atoms. The number of benzene rings is 1. The molecule has 0 amide bonds. The van der Waals surface area contributed by atoms with Gasteiger partial charge >= 0.3 is 5.97 Å². The number of aromatic carboxylic acids is 1. The molecule has 0 unspecified atom stereocenters. The molecule has 4 N–H and O–H groups in total. The number of rotatable bonds is 5. The molecule has 26 heavy (non-hydrogen) atoms. The summed E-state index contributed by atoms with van der Waals surface area (Å²) in [4.78, 5) is 18.8. The lowest BCUT2D eigenvalue weighted by Crippen LogP contribution is -2.07. The minimum absolute atomic E-state index is 0.0264. The van der Waals surface area contributed by atoms with Gasteiger partial charge in [-0.3, -0.25) is 0 Å². The Balaban J connectivity index is 1.99. The molecule has 1 aromatic carbocycles. The molecule has 0 aliphatic heterocycles. The largest absolute Gasteiger partial charge is 0.475 e. The highest BCUT2D eigenvalue weighted by Gasteiger charge is 2.18. The topological polar surface area (TPSA) is 111 Å². The molecule has 0 radical (unpaired) electrons. The maximum Gasteiger partial charge on any atom is 0.371 e. The van der Waals surface area contributed by atoms with Gasteiger partial charge in [0.2, 0.25) is 5.76 Å². The summed E-state index contributed by atoms with van der Waals surface area (Å²) in [5.41, 5.74) is 2.55. The summed E-state index contributed by atoms with van der Waals surface area (Å²) >= 11 is 6.25. The van der Waals surface area contributed by atoms with Crippen LogP contribution in [0.15, 0.2) is 40.9 Å². The number of hydrogen-bond acceptors (Lipinski definition) is 5. The zero-order chi connectivity index (χ0) is 18.3. The summed E-state index contributed by atoms with van der Waals surface area (Å²) in [5.74, 6) is -0.723. The molecule has 3 aromatic heterocycles. The van der Waals surface area contributed by atoms with Gasteiger partial charge in [0.15, 0.2) is 0 Å². The van der Waals surface area contributed by atoms with Crippen molar-refractivity contribution >= 4 is 45.4 Å². The third kappa shape index (κ3) is 2.77. The number of aliphatic hydroxyl groups is 1. The van der Waals surface area contributed by atoms with Crippen LogP contribution in [-0.4, -0.2) is 39.3 Å². The quantitative estimate of drug-likeness (QED) is 0.425.